The van der Waals surface area contributed by atoms with Gasteiger partial charge in [0.1, 0.15) is 5.82 Å². The number of nitrogens with two attached hydrogens (primary N) is 1. The average molecular weight is 334 g/mol. The first-order valence-corrected chi connectivity index (χ1v) is 8.60. The molecule has 0 aliphatic carbocycles. The van der Waals surface area contributed by atoms with E-state index in [0.717, 1.165) is 24.9 Å². The maximum absolute atomic E-state index is 12.7. The lowest BCUT2D eigenvalue weighted by atomic mass is 9.98. The van der Waals surface area contributed by atoms with Crippen molar-refractivity contribution in [1.82, 2.24) is 14.8 Å². The van der Waals surface area contributed by atoms with Gasteiger partial charge in [0.25, 0.3) is 0 Å². The SMILES string of the molecule is Nc1ncccc1CN1CCN(C(=O)C2CCOCC2)C[C@H](O)C1. The number of nitrogens with zero attached hydrogens (tertiary/aromatic N) is 3. The number of aromatic nitrogens is 1. The first-order chi connectivity index (χ1) is 11.6. The zero-order valence-corrected chi connectivity index (χ0v) is 13.9. The van der Waals surface area contributed by atoms with Crippen LogP contribution in [0.1, 0.15) is 18.4 Å². The number of aliphatic hydroxyl groups is 1. The number of anilines is 1. The van der Waals surface area contributed by atoms with Crippen LogP contribution in [-0.2, 0) is 16.1 Å². The maximum Gasteiger partial charge on any atom is 0.225 e. The highest BCUT2D eigenvalue weighted by Gasteiger charge is 2.30. The first-order valence-electron chi connectivity index (χ1n) is 8.60. The number of pyridine rings is 1. The largest absolute Gasteiger partial charge is 0.390 e. The van der Waals surface area contributed by atoms with Gasteiger partial charge in [0.15, 0.2) is 0 Å². The molecular formula is C17H26N4O3. The van der Waals surface area contributed by atoms with Gasteiger partial charge in [-0.15, -0.1) is 0 Å². The van der Waals surface area contributed by atoms with E-state index in [4.69, 9.17) is 10.5 Å². The zero-order chi connectivity index (χ0) is 16.9. The van der Waals surface area contributed by atoms with Crippen LogP contribution in [0.15, 0.2) is 18.3 Å². The summed E-state index contributed by atoms with van der Waals surface area (Å²) in [5.74, 6) is 0.706. The van der Waals surface area contributed by atoms with Crippen molar-refractivity contribution in [3.63, 3.8) is 0 Å². The molecule has 1 atom stereocenters. The van der Waals surface area contributed by atoms with Crippen molar-refractivity contribution in [3.05, 3.63) is 23.9 Å². The molecule has 0 aromatic carbocycles. The van der Waals surface area contributed by atoms with Crippen molar-refractivity contribution < 1.29 is 14.6 Å². The summed E-state index contributed by atoms with van der Waals surface area (Å²) in [6.07, 6.45) is 2.68. The number of aliphatic hydroxyl groups excluding tert-OH is 1. The number of carbonyl (C=O) groups excluding carboxylic acids is 1. The minimum atomic E-state index is -0.547. The summed E-state index contributed by atoms with van der Waals surface area (Å²) in [5.41, 5.74) is 6.86. The smallest absolute Gasteiger partial charge is 0.225 e. The fourth-order valence-corrected chi connectivity index (χ4v) is 3.43. The second kappa shape index (κ2) is 7.92. The fraction of sp³-hybridized carbons (Fsp3) is 0.647. The van der Waals surface area contributed by atoms with E-state index in [1.807, 2.05) is 17.0 Å². The Morgan fingerprint density at radius 3 is 2.88 bits per heavy atom. The Balaban J connectivity index is 1.60. The Morgan fingerprint density at radius 2 is 2.12 bits per heavy atom. The molecular weight excluding hydrogens is 308 g/mol. The van der Waals surface area contributed by atoms with Crippen LogP contribution in [0.3, 0.4) is 0 Å². The van der Waals surface area contributed by atoms with Crippen molar-refractivity contribution in [3.8, 4) is 0 Å². The van der Waals surface area contributed by atoms with E-state index in [2.05, 4.69) is 9.88 Å². The van der Waals surface area contributed by atoms with Crippen LogP contribution >= 0.6 is 0 Å². The first kappa shape index (κ1) is 17.1. The molecule has 3 heterocycles. The van der Waals surface area contributed by atoms with Gasteiger partial charge >= 0.3 is 0 Å². The predicted molar refractivity (Wildman–Crippen MR) is 90.1 cm³/mol. The van der Waals surface area contributed by atoms with E-state index in [1.54, 1.807) is 6.20 Å². The van der Waals surface area contributed by atoms with Gasteiger partial charge in [-0.25, -0.2) is 4.98 Å². The molecule has 2 aliphatic rings. The Hall–Kier alpha value is -1.70. The normalized spacial score (nSPS) is 23.9. The molecule has 3 N–H and O–H groups in total. The Morgan fingerprint density at radius 1 is 1.33 bits per heavy atom. The lowest BCUT2D eigenvalue weighted by Crippen LogP contribution is -2.42. The monoisotopic (exact) mass is 334 g/mol. The van der Waals surface area contributed by atoms with E-state index in [-0.39, 0.29) is 11.8 Å². The fourth-order valence-electron chi connectivity index (χ4n) is 3.43. The molecule has 0 saturated carbocycles. The number of carbonyl (C=O) groups is 1. The third-order valence-corrected chi connectivity index (χ3v) is 4.79. The van der Waals surface area contributed by atoms with Crippen LogP contribution in [0.2, 0.25) is 0 Å². The number of β-amino-alcohol motifs (C(OH)–C–C–N with tert-alkyl or cyclic N) is 1. The molecule has 2 fully saturated rings. The summed E-state index contributed by atoms with van der Waals surface area (Å²) in [6.45, 7) is 4.23. The topological polar surface area (TPSA) is 91.9 Å². The van der Waals surface area contributed by atoms with Crippen LogP contribution in [0.4, 0.5) is 5.82 Å². The molecule has 7 heteroatoms. The van der Waals surface area contributed by atoms with Gasteiger partial charge in [-0.1, -0.05) is 6.07 Å². The number of nitrogen functional groups attached to an aromatic ring is 1. The number of hydrogen-bond acceptors (Lipinski definition) is 6. The molecule has 132 valence electrons. The van der Waals surface area contributed by atoms with E-state index < -0.39 is 6.10 Å². The third kappa shape index (κ3) is 4.23. The van der Waals surface area contributed by atoms with Gasteiger partial charge in [-0.3, -0.25) is 9.69 Å². The van der Waals surface area contributed by atoms with Crippen LogP contribution < -0.4 is 5.73 Å². The molecule has 2 saturated heterocycles. The highest BCUT2D eigenvalue weighted by atomic mass is 16.5. The van der Waals surface area contributed by atoms with Crippen molar-refractivity contribution in [2.24, 2.45) is 5.92 Å². The van der Waals surface area contributed by atoms with Crippen molar-refractivity contribution in [2.45, 2.75) is 25.5 Å². The number of rotatable bonds is 3. The van der Waals surface area contributed by atoms with Crippen LogP contribution in [0.25, 0.3) is 0 Å². The number of ether oxygens (including phenoxy) is 1. The summed E-state index contributed by atoms with van der Waals surface area (Å²) in [5, 5.41) is 10.3. The summed E-state index contributed by atoms with van der Waals surface area (Å²) in [7, 11) is 0. The molecule has 1 aromatic rings. The molecule has 3 rings (SSSR count). The van der Waals surface area contributed by atoms with Crippen molar-refractivity contribution in [1.29, 1.82) is 0 Å². The van der Waals surface area contributed by atoms with Gasteiger partial charge in [-0.2, -0.15) is 0 Å². The lowest BCUT2D eigenvalue weighted by molar-refractivity contribution is -0.139. The van der Waals surface area contributed by atoms with Crippen LogP contribution in [0.5, 0.6) is 0 Å². The molecule has 0 radical (unpaired) electrons. The van der Waals surface area contributed by atoms with Gasteiger partial charge in [-0.05, 0) is 18.9 Å². The molecule has 0 bridgehead atoms. The quantitative estimate of drug-likeness (QED) is 0.814. The summed E-state index contributed by atoms with van der Waals surface area (Å²) < 4.78 is 5.33. The van der Waals surface area contributed by atoms with E-state index in [9.17, 15) is 9.90 Å². The highest BCUT2D eigenvalue weighted by molar-refractivity contribution is 5.79. The summed E-state index contributed by atoms with van der Waals surface area (Å²) in [4.78, 5) is 20.7. The summed E-state index contributed by atoms with van der Waals surface area (Å²) >= 11 is 0. The molecule has 24 heavy (non-hydrogen) atoms. The molecule has 2 aliphatic heterocycles. The zero-order valence-electron chi connectivity index (χ0n) is 13.9. The molecule has 0 spiro atoms. The van der Waals surface area contributed by atoms with Gasteiger partial charge in [0, 0.05) is 63.6 Å². The minimum Gasteiger partial charge on any atom is -0.390 e. The van der Waals surface area contributed by atoms with Gasteiger partial charge in [0.2, 0.25) is 5.91 Å². The second-order valence-electron chi connectivity index (χ2n) is 6.61. The van der Waals surface area contributed by atoms with E-state index >= 15 is 0 Å². The molecule has 7 nitrogen and oxygen atoms in total. The van der Waals surface area contributed by atoms with E-state index in [1.165, 1.54) is 0 Å². The molecule has 0 unspecified atom stereocenters. The Labute approximate surface area is 142 Å². The molecule has 1 amide bonds. The average Bonchev–Trinajstić information content (AvgIpc) is 2.78. The van der Waals surface area contributed by atoms with Gasteiger partial charge in [0.05, 0.1) is 6.10 Å². The van der Waals surface area contributed by atoms with Crippen LogP contribution in [0, 0.1) is 5.92 Å². The lowest BCUT2D eigenvalue weighted by Gasteiger charge is -2.29. The van der Waals surface area contributed by atoms with Crippen LogP contribution in [-0.4, -0.2) is 71.3 Å². The maximum atomic E-state index is 12.7. The number of hydrogen-bond donors (Lipinski definition) is 2. The standard InChI is InChI=1S/C17H26N4O3/c18-16-14(2-1-5-19-16)10-20-6-7-21(12-15(22)11-20)17(23)13-3-8-24-9-4-13/h1-2,5,13,15,22H,3-4,6-12H2,(H2,18,19)/t15-/m1/s1. The number of amides is 1. The van der Waals surface area contributed by atoms with Crippen molar-refractivity contribution in [2.75, 3.05) is 45.1 Å². The highest BCUT2D eigenvalue weighted by Crippen LogP contribution is 2.19. The van der Waals surface area contributed by atoms with E-state index in [0.29, 0.717) is 45.2 Å². The minimum absolute atomic E-state index is 0.0338. The third-order valence-electron chi connectivity index (χ3n) is 4.79. The summed E-state index contributed by atoms with van der Waals surface area (Å²) in [6, 6.07) is 3.81. The second-order valence-corrected chi connectivity index (χ2v) is 6.61. The molecule has 1 aromatic heterocycles. The Bertz CT molecular complexity index is 563. The van der Waals surface area contributed by atoms with Gasteiger partial charge < -0.3 is 20.5 Å². The predicted octanol–water partition coefficient (Wildman–Crippen LogP) is 0.0955. The van der Waals surface area contributed by atoms with Crippen molar-refractivity contribution >= 4 is 11.7 Å². The Kier molecular flexibility index (Phi) is 5.65.